The molecule has 1 atom stereocenters. The Morgan fingerprint density at radius 3 is 2.75 bits per heavy atom. The Morgan fingerprint density at radius 1 is 1.04 bits per heavy atom. The Labute approximate surface area is 141 Å². The second-order valence-corrected chi connectivity index (χ2v) is 6.47. The van der Waals surface area contributed by atoms with Crippen molar-refractivity contribution in [3.63, 3.8) is 0 Å². The average Bonchev–Trinajstić information content (AvgIpc) is 2.83. The fourth-order valence-electron chi connectivity index (χ4n) is 3.74. The van der Waals surface area contributed by atoms with Gasteiger partial charge in [0, 0.05) is 24.3 Å². The van der Waals surface area contributed by atoms with Crippen molar-refractivity contribution in [2.24, 2.45) is 0 Å². The maximum atomic E-state index is 13.3. The summed E-state index contributed by atoms with van der Waals surface area (Å²) in [4.78, 5) is 27.3. The number of para-hydroxylation sites is 2. The van der Waals surface area contributed by atoms with Crippen LogP contribution in [-0.2, 0) is 16.0 Å². The van der Waals surface area contributed by atoms with Crippen LogP contribution in [0.5, 0.6) is 0 Å². The van der Waals surface area contributed by atoms with Gasteiger partial charge in [0.05, 0.1) is 5.92 Å². The first kappa shape index (κ1) is 14.9. The number of hydrogen-bond donors (Lipinski definition) is 1. The summed E-state index contributed by atoms with van der Waals surface area (Å²) >= 11 is 0. The molecule has 0 spiro atoms. The zero-order valence-electron chi connectivity index (χ0n) is 13.5. The molecular weight excluding hydrogens is 300 g/mol. The lowest BCUT2D eigenvalue weighted by Crippen LogP contribution is -2.39. The summed E-state index contributed by atoms with van der Waals surface area (Å²) in [5.74, 6) is -0.456. The third kappa shape index (κ3) is 2.58. The lowest BCUT2D eigenvalue weighted by molar-refractivity contribution is -0.124. The number of fused-ring (bicyclic) bond motifs is 2. The number of carbonyl (C=O) groups excluding carboxylic acids is 2. The Balaban J connectivity index is 1.73. The summed E-state index contributed by atoms with van der Waals surface area (Å²) < 4.78 is 0. The van der Waals surface area contributed by atoms with Crippen molar-refractivity contribution >= 4 is 23.2 Å². The van der Waals surface area contributed by atoms with Crippen LogP contribution in [0.4, 0.5) is 11.4 Å². The molecule has 0 bridgehead atoms. The third-order valence-electron chi connectivity index (χ3n) is 4.92. The fraction of sp³-hybridized carbons (Fsp3) is 0.300. The van der Waals surface area contributed by atoms with Crippen LogP contribution in [-0.4, -0.2) is 18.4 Å². The summed E-state index contributed by atoms with van der Waals surface area (Å²) in [5.41, 5.74) is 3.90. The number of carbonyl (C=O) groups is 2. The predicted molar refractivity (Wildman–Crippen MR) is 94.2 cm³/mol. The van der Waals surface area contributed by atoms with Gasteiger partial charge in [-0.05, 0) is 42.5 Å². The van der Waals surface area contributed by atoms with Gasteiger partial charge in [0.1, 0.15) is 0 Å². The van der Waals surface area contributed by atoms with Gasteiger partial charge in [-0.2, -0.15) is 0 Å². The van der Waals surface area contributed by atoms with E-state index in [1.807, 2.05) is 47.4 Å². The monoisotopic (exact) mass is 320 g/mol. The number of rotatable bonds is 1. The number of aryl methyl sites for hydroxylation is 1. The third-order valence-corrected chi connectivity index (χ3v) is 4.92. The van der Waals surface area contributed by atoms with Crippen LogP contribution >= 0.6 is 0 Å². The molecule has 1 N–H and O–H groups in total. The first-order valence-corrected chi connectivity index (χ1v) is 8.52. The lowest BCUT2D eigenvalue weighted by Gasteiger charge is -2.31. The molecule has 2 aliphatic heterocycles. The molecule has 0 aliphatic carbocycles. The van der Waals surface area contributed by atoms with E-state index in [9.17, 15) is 9.59 Å². The number of nitrogens with one attached hydrogen (secondary N) is 1. The van der Waals surface area contributed by atoms with Crippen LogP contribution in [0.3, 0.4) is 0 Å². The van der Waals surface area contributed by atoms with E-state index in [0.29, 0.717) is 0 Å². The maximum Gasteiger partial charge on any atom is 0.235 e. The molecule has 0 radical (unpaired) electrons. The second-order valence-electron chi connectivity index (χ2n) is 6.47. The highest BCUT2D eigenvalue weighted by Crippen LogP contribution is 2.36. The van der Waals surface area contributed by atoms with Crippen molar-refractivity contribution in [3.05, 3.63) is 59.7 Å². The molecule has 2 aromatic rings. The van der Waals surface area contributed by atoms with Gasteiger partial charge in [-0.15, -0.1) is 0 Å². The molecule has 0 fully saturated rings. The van der Waals surface area contributed by atoms with Gasteiger partial charge in [-0.1, -0.05) is 36.4 Å². The van der Waals surface area contributed by atoms with Crippen LogP contribution in [0.25, 0.3) is 0 Å². The minimum Gasteiger partial charge on any atom is -0.326 e. The van der Waals surface area contributed by atoms with Crippen molar-refractivity contribution in [3.8, 4) is 0 Å². The van der Waals surface area contributed by atoms with Crippen LogP contribution in [0.1, 0.15) is 36.3 Å². The van der Waals surface area contributed by atoms with Crippen LogP contribution in [0.15, 0.2) is 48.5 Å². The van der Waals surface area contributed by atoms with Gasteiger partial charge in [-0.3, -0.25) is 9.59 Å². The van der Waals surface area contributed by atoms with Gasteiger partial charge < -0.3 is 10.2 Å². The molecule has 0 unspecified atom stereocenters. The molecular formula is C20H20N2O2. The molecule has 24 heavy (non-hydrogen) atoms. The van der Waals surface area contributed by atoms with E-state index in [2.05, 4.69) is 11.4 Å². The van der Waals surface area contributed by atoms with Crippen molar-refractivity contribution in [2.75, 3.05) is 16.8 Å². The summed E-state index contributed by atoms with van der Waals surface area (Å²) in [6.07, 6.45) is 3.29. The minimum atomic E-state index is -0.402. The zero-order valence-corrected chi connectivity index (χ0v) is 13.5. The van der Waals surface area contributed by atoms with Gasteiger partial charge in [-0.25, -0.2) is 0 Å². The molecule has 4 heteroatoms. The molecule has 2 heterocycles. The van der Waals surface area contributed by atoms with E-state index in [1.165, 1.54) is 5.56 Å². The Hall–Kier alpha value is -2.62. The quantitative estimate of drug-likeness (QED) is 0.874. The number of anilines is 2. The molecule has 122 valence electrons. The zero-order chi connectivity index (χ0) is 16.5. The first-order valence-electron chi connectivity index (χ1n) is 8.52. The molecule has 2 amide bonds. The van der Waals surface area contributed by atoms with E-state index < -0.39 is 5.92 Å². The fourth-order valence-corrected chi connectivity index (χ4v) is 3.74. The highest BCUT2D eigenvalue weighted by Gasteiger charge is 2.34. The van der Waals surface area contributed by atoms with Crippen LogP contribution in [0, 0.1) is 0 Å². The highest BCUT2D eigenvalue weighted by atomic mass is 16.2. The Morgan fingerprint density at radius 2 is 1.83 bits per heavy atom. The van der Waals surface area contributed by atoms with Gasteiger partial charge in [0.25, 0.3) is 0 Å². The van der Waals surface area contributed by atoms with E-state index in [1.54, 1.807) is 0 Å². The van der Waals surface area contributed by atoms with Gasteiger partial charge in [0.15, 0.2) is 0 Å². The predicted octanol–water partition coefficient (Wildman–Crippen LogP) is 3.48. The second kappa shape index (κ2) is 6.11. The largest absolute Gasteiger partial charge is 0.326 e. The molecule has 0 saturated carbocycles. The number of amides is 2. The molecule has 0 saturated heterocycles. The van der Waals surface area contributed by atoms with Gasteiger partial charge >= 0.3 is 0 Å². The first-order chi connectivity index (χ1) is 11.7. The van der Waals surface area contributed by atoms with Gasteiger partial charge in [0.2, 0.25) is 11.8 Å². The van der Waals surface area contributed by atoms with E-state index in [0.717, 1.165) is 42.7 Å². The summed E-state index contributed by atoms with van der Waals surface area (Å²) in [6, 6.07) is 15.7. The SMILES string of the molecule is O=C1C[C@H](C(=O)N2CCCCc3ccccc32)c2ccccc2N1. The van der Waals surface area contributed by atoms with E-state index in [-0.39, 0.29) is 18.2 Å². The standard InChI is InChI=1S/C20H20N2O2/c23-19-13-16(15-9-2-3-10-17(15)21-19)20(24)22-12-6-5-8-14-7-1-4-11-18(14)22/h1-4,7,9-11,16H,5-6,8,12-13H2,(H,21,23)/t16-/m0/s1. The summed E-state index contributed by atoms with van der Waals surface area (Å²) in [6.45, 7) is 0.718. The van der Waals surface area contributed by atoms with Crippen molar-refractivity contribution < 1.29 is 9.59 Å². The topological polar surface area (TPSA) is 49.4 Å². The summed E-state index contributed by atoms with van der Waals surface area (Å²) in [5, 5.41) is 2.87. The smallest absolute Gasteiger partial charge is 0.235 e. The normalized spacial score (nSPS) is 19.8. The Bertz CT molecular complexity index is 800. The molecule has 0 aromatic heterocycles. The van der Waals surface area contributed by atoms with E-state index >= 15 is 0 Å². The Kier molecular flexibility index (Phi) is 3.81. The molecule has 2 aliphatic rings. The van der Waals surface area contributed by atoms with Crippen LogP contribution in [0.2, 0.25) is 0 Å². The molecule has 4 rings (SSSR count). The lowest BCUT2D eigenvalue weighted by atomic mass is 9.89. The molecule has 4 nitrogen and oxygen atoms in total. The van der Waals surface area contributed by atoms with Crippen molar-refractivity contribution in [2.45, 2.75) is 31.6 Å². The maximum absolute atomic E-state index is 13.3. The minimum absolute atomic E-state index is 0.0339. The summed E-state index contributed by atoms with van der Waals surface area (Å²) in [7, 11) is 0. The van der Waals surface area contributed by atoms with Crippen molar-refractivity contribution in [1.29, 1.82) is 0 Å². The van der Waals surface area contributed by atoms with E-state index in [4.69, 9.17) is 0 Å². The van der Waals surface area contributed by atoms with Crippen molar-refractivity contribution in [1.82, 2.24) is 0 Å². The number of benzene rings is 2. The van der Waals surface area contributed by atoms with Crippen LogP contribution < -0.4 is 10.2 Å². The molecule has 2 aromatic carbocycles. The highest BCUT2D eigenvalue weighted by molar-refractivity contribution is 6.06. The number of hydrogen-bond acceptors (Lipinski definition) is 2. The number of nitrogens with zero attached hydrogens (tertiary/aromatic N) is 1. The average molecular weight is 320 g/mol.